The Labute approximate surface area is 102 Å². The van der Waals surface area contributed by atoms with E-state index < -0.39 is 5.54 Å². The molecule has 4 nitrogen and oxygen atoms in total. The number of nitrogens with zero attached hydrogens (tertiary/aromatic N) is 2. The fourth-order valence-electron chi connectivity index (χ4n) is 2.36. The van der Waals surface area contributed by atoms with Gasteiger partial charge in [-0.25, -0.2) is 0 Å². The average Bonchev–Trinajstić information content (AvgIpc) is 2.26. The number of anilines is 2. The number of likely N-dealkylation sites (N-methyl/N-ethyl adjacent to an activating group) is 1. The molecule has 1 aromatic carbocycles. The number of benzene rings is 1. The van der Waals surface area contributed by atoms with Crippen LogP contribution in [0.15, 0.2) is 24.3 Å². The molecule has 1 aliphatic heterocycles. The van der Waals surface area contributed by atoms with Crippen LogP contribution in [0.25, 0.3) is 0 Å². The number of nitrogen functional groups attached to an aromatic ring is 1. The summed E-state index contributed by atoms with van der Waals surface area (Å²) < 4.78 is 0. The average molecular weight is 233 g/mol. The summed E-state index contributed by atoms with van der Waals surface area (Å²) in [6.45, 7) is 5.48. The molecule has 0 spiro atoms. The van der Waals surface area contributed by atoms with Gasteiger partial charge in [-0.2, -0.15) is 0 Å². The van der Waals surface area contributed by atoms with E-state index in [1.165, 1.54) is 0 Å². The van der Waals surface area contributed by atoms with Crippen molar-refractivity contribution in [3.8, 4) is 0 Å². The van der Waals surface area contributed by atoms with E-state index in [4.69, 9.17) is 5.73 Å². The lowest BCUT2D eigenvalue weighted by atomic mass is 9.97. The van der Waals surface area contributed by atoms with Crippen molar-refractivity contribution in [2.45, 2.75) is 19.4 Å². The second-order valence-electron chi connectivity index (χ2n) is 5.03. The lowest BCUT2D eigenvalue weighted by Gasteiger charge is -2.46. The van der Waals surface area contributed by atoms with Gasteiger partial charge in [-0.3, -0.25) is 4.79 Å². The van der Waals surface area contributed by atoms with Crippen LogP contribution >= 0.6 is 0 Å². The summed E-state index contributed by atoms with van der Waals surface area (Å²) in [5, 5.41) is 0. The van der Waals surface area contributed by atoms with Crippen molar-refractivity contribution in [1.29, 1.82) is 0 Å². The minimum atomic E-state index is -0.513. The Balaban J connectivity index is 2.36. The Morgan fingerprint density at radius 2 is 2.00 bits per heavy atom. The lowest BCUT2D eigenvalue weighted by Crippen LogP contribution is -2.62. The lowest BCUT2D eigenvalue weighted by molar-refractivity contribution is -0.136. The zero-order chi connectivity index (χ0) is 12.6. The van der Waals surface area contributed by atoms with Gasteiger partial charge in [0.15, 0.2) is 0 Å². The SMILES string of the molecule is CN1CCN(c2cccc(N)c2)C(C)(C)C1=O. The molecule has 1 heterocycles. The van der Waals surface area contributed by atoms with E-state index >= 15 is 0 Å². The number of nitrogens with two attached hydrogens (primary N) is 1. The van der Waals surface area contributed by atoms with Gasteiger partial charge in [0.25, 0.3) is 0 Å². The highest BCUT2D eigenvalue weighted by Crippen LogP contribution is 2.29. The third kappa shape index (κ3) is 1.95. The van der Waals surface area contributed by atoms with Crippen molar-refractivity contribution in [2.24, 2.45) is 0 Å². The molecule has 17 heavy (non-hydrogen) atoms. The molecule has 1 saturated heterocycles. The summed E-state index contributed by atoms with van der Waals surface area (Å²) in [5.41, 5.74) is 7.02. The van der Waals surface area contributed by atoms with Gasteiger partial charge in [0.05, 0.1) is 0 Å². The molecule has 2 N–H and O–H groups in total. The summed E-state index contributed by atoms with van der Waals surface area (Å²) in [5.74, 6) is 0.145. The number of amides is 1. The van der Waals surface area contributed by atoms with Crippen molar-refractivity contribution in [2.75, 3.05) is 30.8 Å². The van der Waals surface area contributed by atoms with E-state index in [2.05, 4.69) is 4.90 Å². The van der Waals surface area contributed by atoms with Crippen molar-refractivity contribution < 1.29 is 4.79 Å². The van der Waals surface area contributed by atoms with Crippen molar-refractivity contribution in [3.05, 3.63) is 24.3 Å². The van der Waals surface area contributed by atoms with Crippen LogP contribution in [0.5, 0.6) is 0 Å². The number of hydrogen-bond donors (Lipinski definition) is 1. The molecule has 92 valence electrons. The predicted octanol–water partition coefficient (Wildman–Crippen LogP) is 1.33. The predicted molar refractivity (Wildman–Crippen MR) is 69.9 cm³/mol. The van der Waals surface area contributed by atoms with Gasteiger partial charge in [-0.15, -0.1) is 0 Å². The number of carbonyl (C=O) groups excluding carboxylic acids is 1. The first-order chi connectivity index (χ1) is 7.93. The number of piperazine rings is 1. The molecule has 0 bridgehead atoms. The van der Waals surface area contributed by atoms with E-state index in [1.807, 2.05) is 45.2 Å². The quantitative estimate of drug-likeness (QED) is 0.744. The molecule has 0 atom stereocenters. The van der Waals surface area contributed by atoms with Crippen LogP contribution in [0.4, 0.5) is 11.4 Å². The van der Waals surface area contributed by atoms with Crippen LogP contribution in [-0.4, -0.2) is 36.5 Å². The van der Waals surface area contributed by atoms with Crippen molar-refractivity contribution >= 4 is 17.3 Å². The number of hydrogen-bond acceptors (Lipinski definition) is 3. The van der Waals surface area contributed by atoms with Crippen LogP contribution < -0.4 is 10.6 Å². The van der Waals surface area contributed by atoms with Gasteiger partial charge in [-0.1, -0.05) is 6.07 Å². The van der Waals surface area contributed by atoms with E-state index in [0.717, 1.165) is 24.5 Å². The molecule has 0 radical (unpaired) electrons. The van der Waals surface area contributed by atoms with E-state index in [1.54, 1.807) is 4.90 Å². The van der Waals surface area contributed by atoms with Gasteiger partial charge in [0, 0.05) is 31.5 Å². The highest BCUT2D eigenvalue weighted by Gasteiger charge is 2.40. The summed E-state index contributed by atoms with van der Waals surface area (Å²) in [6, 6.07) is 7.69. The minimum Gasteiger partial charge on any atom is -0.399 e. The summed E-state index contributed by atoms with van der Waals surface area (Å²) in [4.78, 5) is 16.1. The maximum atomic E-state index is 12.2. The van der Waals surface area contributed by atoms with Gasteiger partial charge in [-0.05, 0) is 32.0 Å². The fraction of sp³-hybridized carbons (Fsp3) is 0.462. The monoisotopic (exact) mass is 233 g/mol. The largest absolute Gasteiger partial charge is 0.399 e. The molecular formula is C13H19N3O. The highest BCUT2D eigenvalue weighted by molar-refractivity contribution is 5.90. The Morgan fingerprint density at radius 1 is 1.29 bits per heavy atom. The first-order valence-corrected chi connectivity index (χ1v) is 5.81. The summed E-state index contributed by atoms with van der Waals surface area (Å²) in [6.07, 6.45) is 0. The smallest absolute Gasteiger partial charge is 0.247 e. The Kier molecular flexibility index (Phi) is 2.73. The maximum Gasteiger partial charge on any atom is 0.247 e. The molecule has 0 aromatic heterocycles. The first kappa shape index (κ1) is 11.8. The van der Waals surface area contributed by atoms with Crippen molar-refractivity contribution in [1.82, 2.24) is 4.90 Å². The third-order valence-electron chi connectivity index (χ3n) is 3.39. The molecule has 1 aliphatic rings. The van der Waals surface area contributed by atoms with E-state index in [9.17, 15) is 4.79 Å². The Hall–Kier alpha value is -1.71. The van der Waals surface area contributed by atoms with Crippen molar-refractivity contribution in [3.63, 3.8) is 0 Å². The van der Waals surface area contributed by atoms with E-state index in [-0.39, 0.29) is 5.91 Å². The van der Waals surface area contributed by atoms with Crippen LogP contribution in [0.1, 0.15) is 13.8 Å². The molecule has 0 aliphatic carbocycles. The first-order valence-electron chi connectivity index (χ1n) is 5.81. The highest BCUT2D eigenvalue weighted by atomic mass is 16.2. The zero-order valence-electron chi connectivity index (χ0n) is 10.6. The Bertz CT molecular complexity index is 442. The molecule has 0 saturated carbocycles. The van der Waals surface area contributed by atoms with Crippen LogP contribution in [-0.2, 0) is 4.79 Å². The summed E-state index contributed by atoms with van der Waals surface area (Å²) in [7, 11) is 1.85. The van der Waals surface area contributed by atoms with Gasteiger partial charge in [0.2, 0.25) is 5.91 Å². The van der Waals surface area contributed by atoms with Crippen LogP contribution in [0, 0.1) is 0 Å². The second-order valence-corrected chi connectivity index (χ2v) is 5.03. The summed E-state index contributed by atoms with van der Waals surface area (Å²) >= 11 is 0. The normalized spacial score (nSPS) is 19.6. The molecule has 4 heteroatoms. The van der Waals surface area contributed by atoms with Gasteiger partial charge >= 0.3 is 0 Å². The fourth-order valence-corrected chi connectivity index (χ4v) is 2.36. The molecule has 1 fully saturated rings. The van der Waals surface area contributed by atoms with Gasteiger partial charge in [0.1, 0.15) is 5.54 Å². The maximum absolute atomic E-state index is 12.2. The number of rotatable bonds is 1. The molecule has 1 aromatic rings. The molecule has 0 unspecified atom stereocenters. The number of carbonyl (C=O) groups is 1. The third-order valence-corrected chi connectivity index (χ3v) is 3.39. The second kappa shape index (κ2) is 3.95. The van der Waals surface area contributed by atoms with Crippen LogP contribution in [0.2, 0.25) is 0 Å². The molecule has 2 rings (SSSR count). The standard InChI is InChI=1S/C13H19N3O/c1-13(2)12(17)15(3)7-8-16(13)11-6-4-5-10(14)9-11/h4-6,9H,7-8,14H2,1-3H3. The molecule has 1 amide bonds. The Morgan fingerprint density at radius 3 is 2.65 bits per heavy atom. The topological polar surface area (TPSA) is 49.6 Å². The minimum absolute atomic E-state index is 0.145. The van der Waals surface area contributed by atoms with Gasteiger partial charge < -0.3 is 15.5 Å². The van der Waals surface area contributed by atoms with E-state index in [0.29, 0.717) is 0 Å². The zero-order valence-corrected chi connectivity index (χ0v) is 10.6. The van der Waals surface area contributed by atoms with Crippen LogP contribution in [0.3, 0.4) is 0 Å². The molecular weight excluding hydrogens is 214 g/mol.